The maximum absolute atomic E-state index is 6.35. The summed E-state index contributed by atoms with van der Waals surface area (Å²) in [7, 11) is 1.98. The molecular formula is C17H19BrClN. The highest BCUT2D eigenvalue weighted by Crippen LogP contribution is 2.29. The zero-order valence-electron chi connectivity index (χ0n) is 12.0. The van der Waals surface area contributed by atoms with Crippen LogP contribution in [0.15, 0.2) is 40.9 Å². The average molecular weight is 353 g/mol. The second-order valence-electron chi connectivity index (χ2n) is 5.14. The highest BCUT2D eigenvalue weighted by Gasteiger charge is 2.15. The summed E-state index contributed by atoms with van der Waals surface area (Å²) in [4.78, 5) is 0. The highest BCUT2D eigenvalue weighted by atomic mass is 79.9. The van der Waals surface area contributed by atoms with Crippen LogP contribution < -0.4 is 5.32 Å². The zero-order chi connectivity index (χ0) is 14.7. The smallest absolute Gasteiger partial charge is 0.0454 e. The summed E-state index contributed by atoms with van der Waals surface area (Å²) < 4.78 is 1.05. The standard InChI is InChI=1S/C17H19BrClN/c1-11-4-5-12(2)13(8-11)9-17(20-3)15-10-14(18)6-7-16(15)19/h4-8,10,17,20H,9H2,1-3H3. The Kier molecular flexibility index (Phi) is 5.25. The largest absolute Gasteiger partial charge is 0.313 e. The molecule has 0 spiro atoms. The Morgan fingerprint density at radius 3 is 2.60 bits per heavy atom. The monoisotopic (exact) mass is 351 g/mol. The molecule has 0 saturated heterocycles. The second-order valence-corrected chi connectivity index (χ2v) is 6.46. The predicted molar refractivity (Wildman–Crippen MR) is 90.6 cm³/mol. The summed E-state index contributed by atoms with van der Waals surface area (Å²) in [5, 5.41) is 4.18. The minimum Gasteiger partial charge on any atom is -0.313 e. The van der Waals surface area contributed by atoms with Crippen molar-refractivity contribution in [2.75, 3.05) is 7.05 Å². The Balaban J connectivity index is 2.33. The van der Waals surface area contributed by atoms with Crippen molar-refractivity contribution >= 4 is 27.5 Å². The van der Waals surface area contributed by atoms with E-state index in [1.54, 1.807) is 0 Å². The molecule has 0 heterocycles. The molecule has 1 atom stereocenters. The van der Waals surface area contributed by atoms with Gasteiger partial charge in [-0.25, -0.2) is 0 Å². The predicted octanol–water partition coefficient (Wildman–Crippen LogP) is 5.22. The lowest BCUT2D eigenvalue weighted by molar-refractivity contribution is 0.590. The van der Waals surface area contributed by atoms with E-state index in [1.807, 2.05) is 19.2 Å². The third-order valence-electron chi connectivity index (χ3n) is 3.61. The van der Waals surface area contributed by atoms with Gasteiger partial charge in [-0.3, -0.25) is 0 Å². The van der Waals surface area contributed by atoms with E-state index in [0.717, 1.165) is 21.5 Å². The Bertz CT molecular complexity index is 610. The van der Waals surface area contributed by atoms with Crippen molar-refractivity contribution in [2.45, 2.75) is 26.3 Å². The van der Waals surface area contributed by atoms with Gasteiger partial charge in [-0.2, -0.15) is 0 Å². The molecule has 0 aliphatic rings. The molecule has 0 aromatic heterocycles. The molecule has 0 bridgehead atoms. The number of hydrogen-bond acceptors (Lipinski definition) is 1. The van der Waals surface area contributed by atoms with E-state index in [2.05, 4.69) is 59.4 Å². The summed E-state index contributed by atoms with van der Waals surface area (Å²) in [6.07, 6.45) is 0.931. The molecule has 20 heavy (non-hydrogen) atoms. The number of rotatable bonds is 4. The fraction of sp³-hybridized carbons (Fsp3) is 0.294. The van der Waals surface area contributed by atoms with Gasteiger partial charge >= 0.3 is 0 Å². The lowest BCUT2D eigenvalue weighted by atomic mass is 9.95. The van der Waals surface area contributed by atoms with Gasteiger partial charge in [0.2, 0.25) is 0 Å². The van der Waals surface area contributed by atoms with E-state index in [1.165, 1.54) is 16.7 Å². The fourth-order valence-electron chi connectivity index (χ4n) is 2.39. The van der Waals surface area contributed by atoms with Crippen LogP contribution in [0.2, 0.25) is 5.02 Å². The van der Waals surface area contributed by atoms with Gasteiger partial charge in [-0.1, -0.05) is 51.3 Å². The van der Waals surface area contributed by atoms with Gasteiger partial charge < -0.3 is 5.32 Å². The number of hydrogen-bond donors (Lipinski definition) is 1. The zero-order valence-corrected chi connectivity index (χ0v) is 14.3. The number of likely N-dealkylation sites (N-methyl/N-ethyl adjacent to an activating group) is 1. The van der Waals surface area contributed by atoms with Crippen molar-refractivity contribution in [2.24, 2.45) is 0 Å². The summed E-state index contributed by atoms with van der Waals surface area (Å²) in [5.74, 6) is 0. The molecule has 0 aliphatic heterocycles. The molecule has 0 aliphatic carbocycles. The van der Waals surface area contributed by atoms with Gasteiger partial charge in [0.1, 0.15) is 0 Å². The minimum atomic E-state index is 0.209. The van der Waals surface area contributed by atoms with Crippen molar-refractivity contribution < 1.29 is 0 Å². The minimum absolute atomic E-state index is 0.209. The Morgan fingerprint density at radius 1 is 1.15 bits per heavy atom. The van der Waals surface area contributed by atoms with Crippen LogP contribution in [0.1, 0.15) is 28.3 Å². The average Bonchev–Trinajstić information content (AvgIpc) is 2.42. The van der Waals surface area contributed by atoms with Gasteiger partial charge in [0, 0.05) is 15.5 Å². The van der Waals surface area contributed by atoms with Gasteiger partial charge in [-0.15, -0.1) is 0 Å². The van der Waals surface area contributed by atoms with Gasteiger partial charge in [0.15, 0.2) is 0 Å². The second kappa shape index (κ2) is 6.75. The summed E-state index contributed by atoms with van der Waals surface area (Å²) in [5.41, 5.74) is 5.10. The first kappa shape index (κ1) is 15.6. The highest BCUT2D eigenvalue weighted by molar-refractivity contribution is 9.10. The quantitative estimate of drug-likeness (QED) is 0.795. The van der Waals surface area contributed by atoms with Crippen LogP contribution in [-0.4, -0.2) is 7.05 Å². The molecule has 0 radical (unpaired) electrons. The third-order valence-corrected chi connectivity index (χ3v) is 4.45. The SMILES string of the molecule is CNC(Cc1cc(C)ccc1C)c1cc(Br)ccc1Cl. The van der Waals surface area contributed by atoms with E-state index < -0.39 is 0 Å². The summed E-state index contributed by atoms with van der Waals surface area (Å²) >= 11 is 9.87. The topological polar surface area (TPSA) is 12.0 Å². The summed E-state index contributed by atoms with van der Waals surface area (Å²) in [6.45, 7) is 4.29. The first-order valence-corrected chi connectivity index (χ1v) is 7.86. The fourth-order valence-corrected chi connectivity index (χ4v) is 3.02. The molecule has 3 heteroatoms. The van der Waals surface area contributed by atoms with Crippen LogP contribution in [-0.2, 0) is 6.42 Å². The van der Waals surface area contributed by atoms with Crippen molar-refractivity contribution in [1.29, 1.82) is 0 Å². The van der Waals surface area contributed by atoms with E-state index in [0.29, 0.717) is 0 Å². The molecule has 1 unspecified atom stereocenters. The van der Waals surface area contributed by atoms with Crippen LogP contribution in [0, 0.1) is 13.8 Å². The van der Waals surface area contributed by atoms with Crippen LogP contribution in [0.5, 0.6) is 0 Å². The number of benzene rings is 2. The van der Waals surface area contributed by atoms with Crippen molar-refractivity contribution in [3.63, 3.8) is 0 Å². The lowest BCUT2D eigenvalue weighted by Gasteiger charge is -2.20. The summed E-state index contributed by atoms with van der Waals surface area (Å²) in [6, 6.07) is 12.8. The van der Waals surface area contributed by atoms with E-state index in [4.69, 9.17) is 11.6 Å². The molecule has 0 amide bonds. The van der Waals surface area contributed by atoms with Crippen LogP contribution in [0.3, 0.4) is 0 Å². The molecule has 106 valence electrons. The van der Waals surface area contributed by atoms with Gasteiger partial charge in [0.25, 0.3) is 0 Å². The molecule has 2 aromatic rings. The Labute approximate surface area is 134 Å². The van der Waals surface area contributed by atoms with E-state index >= 15 is 0 Å². The Hall–Kier alpha value is -0.830. The third kappa shape index (κ3) is 3.63. The van der Waals surface area contributed by atoms with Crippen molar-refractivity contribution in [3.05, 3.63) is 68.1 Å². The Morgan fingerprint density at radius 2 is 1.90 bits per heavy atom. The normalized spacial score (nSPS) is 12.4. The first-order chi connectivity index (χ1) is 9.51. The van der Waals surface area contributed by atoms with Crippen LogP contribution in [0.4, 0.5) is 0 Å². The molecule has 2 rings (SSSR count). The van der Waals surface area contributed by atoms with Gasteiger partial charge in [0.05, 0.1) is 0 Å². The molecular weight excluding hydrogens is 334 g/mol. The molecule has 1 N–H and O–H groups in total. The first-order valence-electron chi connectivity index (χ1n) is 6.69. The van der Waals surface area contributed by atoms with Crippen molar-refractivity contribution in [3.8, 4) is 0 Å². The van der Waals surface area contributed by atoms with Crippen LogP contribution >= 0.6 is 27.5 Å². The number of halogens is 2. The molecule has 0 fully saturated rings. The maximum atomic E-state index is 6.35. The number of nitrogens with one attached hydrogen (secondary N) is 1. The van der Waals surface area contributed by atoms with Gasteiger partial charge in [-0.05, 0) is 62.2 Å². The maximum Gasteiger partial charge on any atom is 0.0454 e. The molecule has 1 nitrogen and oxygen atoms in total. The lowest BCUT2D eigenvalue weighted by Crippen LogP contribution is -2.19. The van der Waals surface area contributed by atoms with E-state index in [9.17, 15) is 0 Å². The molecule has 2 aromatic carbocycles. The molecule has 0 saturated carbocycles. The van der Waals surface area contributed by atoms with E-state index in [-0.39, 0.29) is 6.04 Å². The van der Waals surface area contributed by atoms with Crippen LogP contribution in [0.25, 0.3) is 0 Å². The number of aryl methyl sites for hydroxylation is 2. The van der Waals surface area contributed by atoms with Crippen molar-refractivity contribution in [1.82, 2.24) is 5.32 Å².